The highest BCUT2D eigenvalue weighted by molar-refractivity contribution is 5.84. The van der Waals surface area contributed by atoms with Crippen LogP contribution in [0.4, 0.5) is 13.2 Å². The van der Waals surface area contributed by atoms with Crippen LogP contribution >= 0.6 is 0 Å². The minimum absolute atomic E-state index is 0.0845. The van der Waals surface area contributed by atoms with Crippen molar-refractivity contribution in [1.82, 2.24) is 23.9 Å². The van der Waals surface area contributed by atoms with Crippen LogP contribution in [0.3, 0.4) is 0 Å². The molecule has 2 aliphatic rings. The van der Waals surface area contributed by atoms with Crippen LogP contribution in [0.2, 0.25) is 0 Å². The molecule has 2 aromatic heterocycles. The maximum Gasteiger partial charge on any atom is 0.417 e. The number of amides is 1. The van der Waals surface area contributed by atoms with E-state index in [4.69, 9.17) is 4.74 Å². The van der Waals surface area contributed by atoms with Crippen LogP contribution in [0.1, 0.15) is 28.8 Å². The van der Waals surface area contributed by atoms with Crippen molar-refractivity contribution in [2.75, 3.05) is 33.4 Å². The molecule has 4 heterocycles. The van der Waals surface area contributed by atoms with Gasteiger partial charge in [-0.25, -0.2) is 4.79 Å². The first-order valence-corrected chi connectivity index (χ1v) is 12.2. The smallest absolute Gasteiger partial charge is 0.384 e. The molecule has 198 valence electrons. The highest BCUT2D eigenvalue weighted by atomic mass is 19.4. The van der Waals surface area contributed by atoms with Gasteiger partial charge in [0.15, 0.2) is 0 Å². The SMILES string of the molecule is COCC1(C(=O)N2CCc3ncc(C(F)(F)F)cc3C2)CCN(Cc2ccc3c(c2)n(C)c(=O)n3C)C1. The molecule has 0 bridgehead atoms. The van der Waals surface area contributed by atoms with E-state index in [0.29, 0.717) is 50.3 Å². The molecule has 1 fully saturated rings. The number of ether oxygens (including phenoxy) is 1. The number of methoxy groups -OCH3 is 1. The number of aryl methyl sites for hydroxylation is 2. The second-order valence-electron chi connectivity index (χ2n) is 10.2. The zero-order valence-electron chi connectivity index (χ0n) is 21.1. The summed E-state index contributed by atoms with van der Waals surface area (Å²) < 4.78 is 48.4. The van der Waals surface area contributed by atoms with E-state index < -0.39 is 17.2 Å². The van der Waals surface area contributed by atoms with Gasteiger partial charge in [-0.1, -0.05) is 6.07 Å². The van der Waals surface area contributed by atoms with Gasteiger partial charge in [-0.05, 0) is 42.3 Å². The van der Waals surface area contributed by atoms with Crippen LogP contribution < -0.4 is 5.69 Å². The third-order valence-electron chi connectivity index (χ3n) is 7.70. The molecular weight excluding hydrogens is 487 g/mol. The molecule has 1 saturated heterocycles. The Hall–Kier alpha value is -3.18. The molecule has 8 nitrogen and oxygen atoms in total. The number of carbonyl (C=O) groups is 1. The Bertz CT molecular complexity index is 1410. The molecule has 11 heteroatoms. The molecule has 5 rings (SSSR count). The van der Waals surface area contributed by atoms with Crippen LogP contribution in [0, 0.1) is 5.41 Å². The summed E-state index contributed by atoms with van der Waals surface area (Å²) in [6, 6.07) is 7.04. The number of hydrogen-bond acceptors (Lipinski definition) is 5. The molecule has 0 saturated carbocycles. The number of aromatic nitrogens is 3. The van der Waals surface area contributed by atoms with Gasteiger partial charge in [-0.3, -0.25) is 23.8 Å². The zero-order valence-corrected chi connectivity index (χ0v) is 21.1. The number of benzene rings is 1. The zero-order chi connectivity index (χ0) is 26.5. The minimum atomic E-state index is -4.48. The van der Waals surface area contributed by atoms with Gasteiger partial charge in [-0.15, -0.1) is 0 Å². The Morgan fingerprint density at radius 3 is 2.62 bits per heavy atom. The van der Waals surface area contributed by atoms with Gasteiger partial charge in [0.2, 0.25) is 5.91 Å². The van der Waals surface area contributed by atoms with Crippen molar-refractivity contribution in [2.24, 2.45) is 19.5 Å². The molecule has 37 heavy (non-hydrogen) atoms. The van der Waals surface area contributed by atoms with Gasteiger partial charge in [-0.2, -0.15) is 13.2 Å². The third kappa shape index (κ3) is 4.54. The summed E-state index contributed by atoms with van der Waals surface area (Å²) in [4.78, 5) is 33.9. The maximum atomic E-state index is 13.8. The number of pyridine rings is 1. The molecule has 3 aromatic rings. The van der Waals surface area contributed by atoms with Gasteiger partial charge in [0, 0.05) is 65.7 Å². The standard InChI is InChI=1S/C26H30F3N5O3/c1-31-21-5-4-17(10-22(21)32(2)24(31)36)13-33-9-7-25(15-33,16-37-3)23(35)34-8-6-20-18(14-34)11-19(12-30-20)26(27,28)29/h4-5,10-12H,6-9,13-16H2,1-3H3. The first-order valence-electron chi connectivity index (χ1n) is 12.2. The van der Waals surface area contributed by atoms with E-state index in [2.05, 4.69) is 9.88 Å². The first-order chi connectivity index (χ1) is 17.5. The second kappa shape index (κ2) is 9.29. The van der Waals surface area contributed by atoms with Crippen molar-refractivity contribution in [3.05, 3.63) is 63.3 Å². The molecule has 0 spiro atoms. The van der Waals surface area contributed by atoms with Crippen LogP contribution in [-0.4, -0.2) is 63.2 Å². The van der Waals surface area contributed by atoms with Crippen LogP contribution in [0.25, 0.3) is 11.0 Å². The Morgan fingerprint density at radius 2 is 1.89 bits per heavy atom. The lowest BCUT2D eigenvalue weighted by Gasteiger charge is -2.36. The molecule has 1 unspecified atom stereocenters. The highest BCUT2D eigenvalue weighted by Gasteiger charge is 2.47. The number of carbonyl (C=O) groups excluding carboxylic acids is 1. The number of rotatable bonds is 5. The number of fused-ring (bicyclic) bond motifs is 2. The second-order valence-corrected chi connectivity index (χ2v) is 10.2. The van der Waals surface area contributed by atoms with Crippen LogP contribution in [-0.2, 0) is 49.3 Å². The molecule has 1 amide bonds. The number of nitrogens with zero attached hydrogens (tertiary/aromatic N) is 5. The maximum absolute atomic E-state index is 13.8. The number of alkyl halides is 3. The van der Waals surface area contributed by atoms with E-state index in [1.54, 1.807) is 35.2 Å². The summed E-state index contributed by atoms with van der Waals surface area (Å²) in [7, 11) is 5.05. The van der Waals surface area contributed by atoms with Crippen molar-refractivity contribution in [3.63, 3.8) is 0 Å². The summed E-state index contributed by atoms with van der Waals surface area (Å²) in [6.45, 7) is 2.53. The van der Waals surface area contributed by atoms with Gasteiger partial charge < -0.3 is 9.64 Å². The fraction of sp³-hybridized carbons (Fsp3) is 0.500. The molecule has 1 atom stereocenters. The van der Waals surface area contributed by atoms with Crippen LogP contribution in [0.5, 0.6) is 0 Å². The van der Waals surface area contributed by atoms with Gasteiger partial charge in [0.25, 0.3) is 0 Å². The lowest BCUT2D eigenvalue weighted by atomic mass is 9.85. The minimum Gasteiger partial charge on any atom is -0.384 e. The Kier molecular flexibility index (Phi) is 6.39. The van der Waals surface area contributed by atoms with Crippen molar-refractivity contribution in [1.29, 1.82) is 0 Å². The summed E-state index contributed by atoms with van der Waals surface area (Å²) >= 11 is 0. The summed E-state index contributed by atoms with van der Waals surface area (Å²) in [5.74, 6) is -0.0965. The van der Waals surface area contributed by atoms with E-state index in [0.717, 1.165) is 28.9 Å². The normalized spacial score (nSPS) is 20.5. The monoisotopic (exact) mass is 517 g/mol. The number of halogens is 3. The lowest BCUT2D eigenvalue weighted by Crippen LogP contribution is -2.49. The Morgan fingerprint density at radius 1 is 1.14 bits per heavy atom. The molecular formula is C26H30F3N5O3. The van der Waals surface area contributed by atoms with Gasteiger partial charge in [0.1, 0.15) is 0 Å². The topological polar surface area (TPSA) is 72.6 Å². The van der Waals surface area contributed by atoms with E-state index in [9.17, 15) is 22.8 Å². The molecule has 0 aliphatic carbocycles. The fourth-order valence-electron chi connectivity index (χ4n) is 5.72. The lowest BCUT2D eigenvalue weighted by molar-refractivity contribution is -0.145. The van der Waals surface area contributed by atoms with Gasteiger partial charge >= 0.3 is 11.9 Å². The number of hydrogen-bond donors (Lipinski definition) is 0. The largest absolute Gasteiger partial charge is 0.417 e. The van der Waals surface area contributed by atoms with Gasteiger partial charge in [0.05, 0.1) is 28.6 Å². The van der Waals surface area contributed by atoms with E-state index in [1.165, 1.54) is 0 Å². The highest BCUT2D eigenvalue weighted by Crippen LogP contribution is 2.36. The molecule has 0 radical (unpaired) electrons. The third-order valence-corrected chi connectivity index (χ3v) is 7.70. The quantitative estimate of drug-likeness (QED) is 0.521. The molecule has 2 aliphatic heterocycles. The number of imidazole rings is 1. The van der Waals surface area contributed by atoms with Crippen molar-refractivity contribution >= 4 is 16.9 Å². The Balaban J connectivity index is 1.34. The fourth-order valence-corrected chi connectivity index (χ4v) is 5.72. The summed E-state index contributed by atoms with van der Waals surface area (Å²) in [6.07, 6.45) is -2.60. The predicted molar refractivity (Wildman–Crippen MR) is 131 cm³/mol. The summed E-state index contributed by atoms with van der Waals surface area (Å²) in [5.41, 5.74) is 2.13. The van der Waals surface area contributed by atoms with E-state index in [1.807, 2.05) is 18.2 Å². The first kappa shape index (κ1) is 25.5. The van der Waals surface area contributed by atoms with E-state index >= 15 is 0 Å². The number of likely N-dealkylation sites (tertiary alicyclic amines) is 1. The molecule has 1 aromatic carbocycles. The summed E-state index contributed by atoms with van der Waals surface area (Å²) in [5, 5.41) is 0. The van der Waals surface area contributed by atoms with E-state index in [-0.39, 0.29) is 24.7 Å². The Labute approximate surface area is 212 Å². The molecule has 0 N–H and O–H groups in total. The van der Waals surface area contributed by atoms with Crippen molar-refractivity contribution < 1.29 is 22.7 Å². The van der Waals surface area contributed by atoms with Crippen LogP contribution in [0.15, 0.2) is 35.3 Å². The average Bonchev–Trinajstić information content (AvgIpc) is 3.37. The average molecular weight is 518 g/mol. The van der Waals surface area contributed by atoms with Crippen molar-refractivity contribution in [2.45, 2.75) is 32.1 Å². The predicted octanol–water partition coefficient (Wildman–Crippen LogP) is 2.71. The van der Waals surface area contributed by atoms with Crippen molar-refractivity contribution in [3.8, 4) is 0 Å².